The van der Waals surface area contributed by atoms with E-state index in [2.05, 4.69) is 0 Å². The Morgan fingerprint density at radius 2 is 2.06 bits per heavy atom. The summed E-state index contributed by atoms with van der Waals surface area (Å²) < 4.78 is 13.3. The van der Waals surface area contributed by atoms with Crippen LogP contribution in [0.4, 0.5) is 9.18 Å². The Bertz CT molecular complexity index is 431. The highest BCUT2D eigenvalue weighted by Crippen LogP contribution is 2.29. The van der Waals surface area contributed by atoms with Crippen LogP contribution in [0.15, 0.2) is 18.2 Å². The summed E-state index contributed by atoms with van der Waals surface area (Å²) in [5.74, 6) is -0.192. The van der Waals surface area contributed by atoms with Crippen molar-refractivity contribution >= 4 is 17.7 Å². The number of hydrogen-bond acceptors (Lipinski definition) is 1. The molecule has 1 aliphatic rings. The van der Waals surface area contributed by atoms with Gasteiger partial charge in [0.15, 0.2) is 0 Å². The molecule has 0 saturated carbocycles. The lowest BCUT2D eigenvalue weighted by Crippen LogP contribution is -2.36. The first kappa shape index (κ1) is 12.2. The molecule has 1 aromatic carbocycles. The molecule has 0 atom stereocenters. The van der Waals surface area contributed by atoms with Gasteiger partial charge in [0.05, 0.1) is 5.02 Å². The number of carboxylic acid groups (broad SMARTS) is 1. The highest BCUT2D eigenvalue weighted by molar-refractivity contribution is 6.30. The molecule has 1 aliphatic heterocycles. The molecule has 0 bridgehead atoms. The Morgan fingerprint density at radius 1 is 1.41 bits per heavy atom. The summed E-state index contributed by atoms with van der Waals surface area (Å²) >= 11 is 5.62. The van der Waals surface area contributed by atoms with E-state index in [0.29, 0.717) is 13.1 Å². The van der Waals surface area contributed by atoms with Crippen LogP contribution < -0.4 is 0 Å². The molecule has 5 heteroatoms. The van der Waals surface area contributed by atoms with Crippen molar-refractivity contribution in [3.8, 4) is 0 Å². The van der Waals surface area contributed by atoms with Crippen molar-refractivity contribution in [1.29, 1.82) is 0 Å². The number of amides is 1. The highest BCUT2D eigenvalue weighted by Gasteiger charge is 2.23. The summed E-state index contributed by atoms with van der Waals surface area (Å²) in [6.45, 7) is 1.01. The van der Waals surface area contributed by atoms with Crippen LogP contribution in [0, 0.1) is 5.82 Å². The number of halogens is 2. The highest BCUT2D eigenvalue weighted by atomic mass is 35.5. The SMILES string of the molecule is O=C(O)N1CCC(c2ccc(Cl)c(F)c2)CC1. The molecule has 92 valence electrons. The molecule has 1 amide bonds. The normalized spacial score (nSPS) is 17.2. The quantitative estimate of drug-likeness (QED) is 0.838. The van der Waals surface area contributed by atoms with Gasteiger partial charge in [0, 0.05) is 13.1 Å². The minimum Gasteiger partial charge on any atom is -0.465 e. The lowest BCUT2D eigenvalue weighted by atomic mass is 9.89. The van der Waals surface area contributed by atoms with Crippen LogP contribution in [-0.2, 0) is 0 Å². The van der Waals surface area contributed by atoms with Gasteiger partial charge in [-0.1, -0.05) is 17.7 Å². The van der Waals surface area contributed by atoms with Crippen LogP contribution in [0.2, 0.25) is 5.02 Å². The smallest absolute Gasteiger partial charge is 0.407 e. The predicted octanol–water partition coefficient (Wildman–Crippen LogP) is 3.34. The number of rotatable bonds is 1. The van der Waals surface area contributed by atoms with E-state index < -0.39 is 11.9 Å². The van der Waals surface area contributed by atoms with Crippen molar-refractivity contribution in [2.75, 3.05) is 13.1 Å². The molecule has 1 aromatic rings. The predicted molar refractivity (Wildman–Crippen MR) is 63.0 cm³/mol. The fraction of sp³-hybridized carbons (Fsp3) is 0.417. The number of likely N-dealkylation sites (tertiary alicyclic amines) is 1. The molecule has 2 rings (SSSR count). The van der Waals surface area contributed by atoms with Crippen LogP contribution >= 0.6 is 11.6 Å². The molecule has 1 N–H and O–H groups in total. The third-order valence-corrected chi connectivity index (χ3v) is 3.49. The first-order valence-corrected chi connectivity index (χ1v) is 5.88. The van der Waals surface area contributed by atoms with Crippen LogP contribution in [0.3, 0.4) is 0 Å². The zero-order valence-corrected chi connectivity index (χ0v) is 9.95. The number of hydrogen-bond donors (Lipinski definition) is 1. The van der Waals surface area contributed by atoms with Crippen molar-refractivity contribution < 1.29 is 14.3 Å². The zero-order valence-electron chi connectivity index (χ0n) is 9.20. The van der Waals surface area contributed by atoms with E-state index in [1.165, 1.54) is 11.0 Å². The second-order valence-electron chi connectivity index (χ2n) is 4.22. The number of piperidine rings is 1. The van der Waals surface area contributed by atoms with Crippen molar-refractivity contribution in [2.45, 2.75) is 18.8 Å². The Morgan fingerprint density at radius 3 is 2.59 bits per heavy atom. The third kappa shape index (κ3) is 2.69. The molecule has 3 nitrogen and oxygen atoms in total. The zero-order chi connectivity index (χ0) is 12.4. The number of carbonyl (C=O) groups is 1. The van der Waals surface area contributed by atoms with Crippen molar-refractivity contribution in [1.82, 2.24) is 4.90 Å². The minimum atomic E-state index is -0.884. The number of nitrogens with zero attached hydrogens (tertiary/aromatic N) is 1. The molecular formula is C12H13ClFNO2. The maximum atomic E-state index is 13.3. The van der Waals surface area contributed by atoms with Gasteiger partial charge >= 0.3 is 6.09 Å². The summed E-state index contributed by atoms with van der Waals surface area (Å²) in [5.41, 5.74) is 0.900. The Kier molecular flexibility index (Phi) is 3.52. The van der Waals surface area contributed by atoms with E-state index in [9.17, 15) is 9.18 Å². The maximum absolute atomic E-state index is 13.3. The summed E-state index contributed by atoms with van der Waals surface area (Å²) in [7, 11) is 0. The van der Waals surface area contributed by atoms with Gasteiger partial charge in [0.1, 0.15) is 5.82 Å². The third-order valence-electron chi connectivity index (χ3n) is 3.18. The monoisotopic (exact) mass is 257 g/mol. The van der Waals surface area contributed by atoms with Crippen molar-refractivity contribution in [2.24, 2.45) is 0 Å². The van der Waals surface area contributed by atoms with E-state index in [-0.39, 0.29) is 10.9 Å². The van der Waals surface area contributed by atoms with Gasteiger partial charge in [-0.15, -0.1) is 0 Å². The Balaban J connectivity index is 2.05. The van der Waals surface area contributed by atoms with Gasteiger partial charge in [-0.3, -0.25) is 0 Å². The average Bonchev–Trinajstić information content (AvgIpc) is 2.33. The second-order valence-corrected chi connectivity index (χ2v) is 4.62. The van der Waals surface area contributed by atoms with Gasteiger partial charge in [-0.05, 0) is 36.5 Å². The standard InChI is InChI=1S/C12H13ClFNO2/c13-10-2-1-9(7-11(10)14)8-3-5-15(6-4-8)12(16)17/h1-2,7-8H,3-6H2,(H,16,17). The summed E-state index contributed by atoms with van der Waals surface area (Å²) in [4.78, 5) is 12.1. The van der Waals surface area contributed by atoms with Crippen LogP contribution in [0.5, 0.6) is 0 Å². The lowest BCUT2D eigenvalue weighted by molar-refractivity contribution is 0.132. The van der Waals surface area contributed by atoms with Crippen molar-refractivity contribution in [3.63, 3.8) is 0 Å². The van der Waals surface area contributed by atoms with Gasteiger partial charge in [0.2, 0.25) is 0 Å². The first-order chi connectivity index (χ1) is 8.08. The van der Waals surface area contributed by atoms with Gasteiger partial charge < -0.3 is 10.0 Å². The summed E-state index contributed by atoms with van der Waals surface area (Å²) in [6, 6.07) is 4.81. The Hall–Kier alpha value is -1.29. The average molecular weight is 258 g/mol. The molecule has 1 fully saturated rings. The molecule has 1 saturated heterocycles. The molecule has 17 heavy (non-hydrogen) atoms. The van der Waals surface area contributed by atoms with Gasteiger partial charge in [-0.2, -0.15) is 0 Å². The molecule has 0 aromatic heterocycles. The van der Waals surface area contributed by atoms with E-state index in [4.69, 9.17) is 16.7 Å². The second kappa shape index (κ2) is 4.92. The van der Waals surface area contributed by atoms with Crippen LogP contribution in [0.25, 0.3) is 0 Å². The van der Waals surface area contributed by atoms with Crippen molar-refractivity contribution in [3.05, 3.63) is 34.6 Å². The lowest BCUT2D eigenvalue weighted by Gasteiger charge is -2.30. The molecular weight excluding hydrogens is 245 g/mol. The number of benzene rings is 1. The molecule has 1 heterocycles. The Labute approximate surface area is 104 Å². The van der Waals surface area contributed by atoms with Crippen LogP contribution in [0.1, 0.15) is 24.3 Å². The molecule has 0 spiro atoms. The van der Waals surface area contributed by atoms with E-state index in [1.54, 1.807) is 6.07 Å². The van der Waals surface area contributed by atoms with Gasteiger partial charge in [-0.25, -0.2) is 9.18 Å². The largest absolute Gasteiger partial charge is 0.465 e. The van der Waals surface area contributed by atoms with Gasteiger partial charge in [0.25, 0.3) is 0 Å². The molecule has 0 radical (unpaired) electrons. The topological polar surface area (TPSA) is 40.5 Å². The molecule has 0 unspecified atom stereocenters. The first-order valence-electron chi connectivity index (χ1n) is 5.50. The summed E-state index contributed by atoms with van der Waals surface area (Å²) in [5, 5.41) is 8.95. The maximum Gasteiger partial charge on any atom is 0.407 e. The minimum absolute atomic E-state index is 0.122. The fourth-order valence-electron chi connectivity index (χ4n) is 2.17. The molecule has 0 aliphatic carbocycles. The summed E-state index contributed by atoms with van der Waals surface area (Å²) in [6.07, 6.45) is 0.575. The fourth-order valence-corrected chi connectivity index (χ4v) is 2.29. The van der Waals surface area contributed by atoms with E-state index in [1.807, 2.05) is 6.07 Å². The van der Waals surface area contributed by atoms with Crippen LogP contribution in [-0.4, -0.2) is 29.2 Å². The van der Waals surface area contributed by atoms with E-state index in [0.717, 1.165) is 18.4 Å². The van der Waals surface area contributed by atoms with E-state index >= 15 is 0 Å².